The van der Waals surface area contributed by atoms with Gasteiger partial charge < -0.3 is 4.90 Å². The number of amides is 1. The van der Waals surface area contributed by atoms with Gasteiger partial charge in [0.05, 0.1) is 11.3 Å². The number of H-pyrrole nitrogens is 1. The van der Waals surface area contributed by atoms with Gasteiger partial charge >= 0.3 is 5.76 Å². The van der Waals surface area contributed by atoms with E-state index in [1.807, 2.05) is 17.0 Å². The lowest BCUT2D eigenvalue weighted by Gasteiger charge is -2.40. The minimum atomic E-state index is -0.552. The van der Waals surface area contributed by atoms with Gasteiger partial charge in [-0.25, -0.2) is 4.79 Å². The smallest absolute Gasteiger partial charge is 0.340 e. The number of aromatic nitrogens is 3. The van der Waals surface area contributed by atoms with Crippen LogP contribution in [0.3, 0.4) is 0 Å². The third kappa shape index (κ3) is 1.88. The molecule has 7 heteroatoms. The van der Waals surface area contributed by atoms with Crippen LogP contribution in [0.15, 0.2) is 33.8 Å². The predicted octanol–water partition coefficient (Wildman–Crippen LogP) is 0.415. The first-order valence-electron chi connectivity index (χ1n) is 6.95. The van der Waals surface area contributed by atoms with Crippen LogP contribution >= 0.6 is 0 Å². The molecule has 4 rings (SSSR count). The second-order valence-electron chi connectivity index (χ2n) is 5.71. The van der Waals surface area contributed by atoms with Crippen molar-refractivity contribution in [2.24, 2.45) is 0 Å². The van der Waals surface area contributed by atoms with E-state index in [0.29, 0.717) is 18.9 Å². The van der Waals surface area contributed by atoms with E-state index in [4.69, 9.17) is 0 Å². The highest BCUT2D eigenvalue weighted by Gasteiger charge is 2.55. The lowest BCUT2D eigenvalue weighted by atomic mass is 9.91. The molecule has 0 unspecified atom stereocenters. The molecule has 1 N–H and O–H groups in total. The third-order valence-corrected chi connectivity index (χ3v) is 4.39. The maximum absolute atomic E-state index is 12.7. The summed E-state index contributed by atoms with van der Waals surface area (Å²) in [6.07, 6.45) is 5.24. The van der Waals surface area contributed by atoms with Crippen molar-refractivity contribution in [3.63, 3.8) is 0 Å². The van der Waals surface area contributed by atoms with Gasteiger partial charge in [0.1, 0.15) is 0 Å². The number of nitrogens with zero attached hydrogens (tertiary/aromatic N) is 3. The SMILES string of the molecule is O=C(N1CC(c2noc(=O)[nH]2)C1)C1(c2cccnc2)CC1. The average Bonchev–Trinajstić information content (AvgIpc) is 3.16. The van der Waals surface area contributed by atoms with Crippen LogP contribution in [0.2, 0.25) is 0 Å². The molecule has 7 nitrogen and oxygen atoms in total. The Morgan fingerprint density at radius 1 is 1.43 bits per heavy atom. The van der Waals surface area contributed by atoms with Crippen molar-refractivity contribution in [2.45, 2.75) is 24.2 Å². The molecular formula is C14H14N4O3. The molecule has 1 saturated carbocycles. The number of aromatic amines is 1. The van der Waals surface area contributed by atoms with Gasteiger partial charge in [0.15, 0.2) is 5.82 Å². The largest absolute Gasteiger partial charge is 0.438 e. The van der Waals surface area contributed by atoms with Crippen molar-refractivity contribution in [3.05, 3.63) is 46.5 Å². The van der Waals surface area contributed by atoms with Crippen LogP contribution in [0.4, 0.5) is 0 Å². The fourth-order valence-electron chi connectivity index (χ4n) is 2.93. The van der Waals surface area contributed by atoms with E-state index in [9.17, 15) is 9.59 Å². The summed E-state index contributed by atoms with van der Waals surface area (Å²) < 4.78 is 4.49. The highest BCUT2D eigenvalue weighted by Crippen LogP contribution is 2.50. The zero-order chi connectivity index (χ0) is 14.4. The number of carbonyl (C=O) groups is 1. The van der Waals surface area contributed by atoms with E-state index >= 15 is 0 Å². The van der Waals surface area contributed by atoms with Gasteiger partial charge in [-0.1, -0.05) is 11.2 Å². The van der Waals surface area contributed by atoms with Crippen LogP contribution in [0.1, 0.15) is 30.1 Å². The molecule has 21 heavy (non-hydrogen) atoms. The molecule has 2 aromatic rings. The molecule has 3 heterocycles. The monoisotopic (exact) mass is 286 g/mol. The molecule has 1 aliphatic heterocycles. The summed E-state index contributed by atoms with van der Waals surface area (Å²) in [4.78, 5) is 32.1. The van der Waals surface area contributed by atoms with E-state index in [-0.39, 0.29) is 17.2 Å². The van der Waals surface area contributed by atoms with Gasteiger partial charge in [0.2, 0.25) is 5.91 Å². The second-order valence-corrected chi connectivity index (χ2v) is 5.71. The Hall–Kier alpha value is -2.44. The van der Waals surface area contributed by atoms with Crippen molar-refractivity contribution in [1.82, 2.24) is 20.0 Å². The molecule has 0 radical (unpaired) electrons. The highest BCUT2D eigenvalue weighted by atomic mass is 16.5. The van der Waals surface area contributed by atoms with Gasteiger partial charge in [0.25, 0.3) is 0 Å². The molecule has 0 bridgehead atoms. The lowest BCUT2D eigenvalue weighted by molar-refractivity contribution is -0.138. The Balaban J connectivity index is 1.47. The van der Waals surface area contributed by atoms with Crippen LogP contribution in [-0.2, 0) is 10.2 Å². The third-order valence-electron chi connectivity index (χ3n) is 4.39. The number of hydrogen-bond acceptors (Lipinski definition) is 5. The van der Waals surface area contributed by atoms with Crippen molar-refractivity contribution >= 4 is 5.91 Å². The van der Waals surface area contributed by atoms with Gasteiger partial charge in [-0.05, 0) is 24.5 Å². The van der Waals surface area contributed by atoms with Gasteiger partial charge in [-0.15, -0.1) is 0 Å². The predicted molar refractivity (Wildman–Crippen MR) is 71.6 cm³/mol. The topological polar surface area (TPSA) is 92.1 Å². The molecule has 0 aromatic carbocycles. The fourth-order valence-corrected chi connectivity index (χ4v) is 2.93. The highest BCUT2D eigenvalue weighted by molar-refractivity contribution is 5.91. The molecule has 1 saturated heterocycles. The molecule has 2 fully saturated rings. The Labute approximate surface area is 120 Å². The molecule has 2 aliphatic rings. The summed E-state index contributed by atoms with van der Waals surface area (Å²) in [5, 5.41) is 3.68. The first-order valence-corrected chi connectivity index (χ1v) is 6.95. The normalized spacial score (nSPS) is 20.1. The van der Waals surface area contributed by atoms with Crippen molar-refractivity contribution in [2.75, 3.05) is 13.1 Å². The maximum Gasteiger partial charge on any atom is 0.438 e. The number of rotatable bonds is 3. The van der Waals surface area contributed by atoms with Crippen molar-refractivity contribution < 1.29 is 9.32 Å². The minimum absolute atomic E-state index is 0.0603. The van der Waals surface area contributed by atoms with Gasteiger partial charge in [-0.2, -0.15) is 0 Å². The van der Waals surface area contributed by atoms with Crippen LogP contribution < -0.4 is 5.76 Å². The zero-order valence-electron chi connectivity index (χ0n) is 11.3. The number of nitrogens with one attached hydrogen (secondary N) is 1. The number of hydrogen-bond donors (Lipinski definition) is 1. The van der Waals surface area contributed by atoms with Crippen LogP contribution in [-0.4, -0.2) is 39.0 Å². The van der Waals surface area contributed by atoms with E-state index in [0.717, 1.165) is 18.4 Å². The molecule has 1 amide bonds. The molecule has 108 valence electrons. The molecule has 0 atom stereocenters. The Morgan fingerprint density at radius 3 is 2.81 bits per heavy atom. The standard InChI is InChI=1S/C14H14N4O3/c19-12(14(3-4-14)10-2-1-5-15-6-10)18-7-9(8-18)11-16-13(20)21-17-11/h1-2,5-6,9H,3-4,7-8H2,(H,16,17,20). The number of likely N-dealkylation sites (tertiary alicyclic amines) is 1. The molecule has 0 spiro atoms. The zero-order valence-corrected chi connectivity index (χ0v) is 11.3. The summed E-state index contributed by atoms with van der Waals surface area (Å²) in [6, 6.07) is 3.83. The minimum Gasteiger partial charge on any atom is -0.340 e. The van der Waals surface area contributed by atoms with Crippen molar-refractivity contribution in [1.29, 1.82) is 0 Å². The number of carbonyl (C=O) groups excluding carboxylic acids is 1. The van der Waals surface area contributed by atoms with E-state index < -0.39 is 5.76 Å². The van der Waals surface area contributed by atoms with Gasteiger partial charge in [-0.3, -0.25) is 19.3 Å². The Morgan fingerprint density at radius 2 is 2.24 bits per heavy atom. The lowest BCUT2D eigenvalue weighted by Crippen LogP contribution is -2.52. The van der Waals surface area contributed by atoms with Crippen molar-refractivity contribution in [3.8, 4) is 0 Å². The van der Waals surface area contributed by atoms with E-state index in [1.165, 1.54) is 0 Å². The molecule has 1 aliphatic carbocycles. The summed E-state index contributed by atoms with van der Waals surface area (Å²) in [7, 11) is 0. The van der Waals surface area contributed by atoms with Crippen LogP contribution in [0.5, 0.6) is 0 Å². The Bertz CT molecular complexity index is 726. The Kier molecular flexibility index (Phi) is 2.51. The maximum atomic E-state index is 12.7. The summed E-state index contributed by atoms with van der Waals surface area (Å²) in [5.74, 6) is 0.182. The molecular weight excluding hydrogens is 272 g/mol. The van der Waals surface area contributed by atoms with E-state index in [2.05, 4.69) is 19.6 Å². The quantitative estimate of drug-likeness (QED) is 0.882. The summed E-state index contributed by atoms with van der Waals surface area (Å²) in [6.45, 7) is 1.15. The second kappa shape index (κ2) is 4.28. The van der Waals surface area contributed by atoms with Gasteiger partial charge in [0, 0.05) is 25.5 Å². The summed E-state index contributed by atoms with van der Waals surface area (Å²) in [5.41, 5.74) is 0.615. The first kappa shape index (κ1) is 12.3. The fraction of sp³-hybridized carbons (Fsp3) is 0.429. The summed E-state index contributed by atoms with van der Waals surface area (Å²) >= 11 is 0. The average molecular weight is 286 g/mol. The van der Waals surface area contributed by atoms with E-state index in [1.54, 1.807) is 12.4 Å². The van der Waals surface area contributed by atoms with Crippen LogP contribution in [0, 0.1) is 0 Å². The van der Waals surface area contributed by atoms with Crippen LogP contribution in [0.25, 0.3) is 0 Å². The molecule has 2 aromatic heterocycles. The first-order chi connectivity index (χ1) is 10.2. The number of pyridine rings is 1.